The zero-order chi connectivity index (χ0) is 20.2. The molecule has 1 aliphatic heterocycles. The zero-order valence-corrected chi connectivity index (χ0v) is 16.9. The van der Waals surface area contributed by atoms with Gasteiger partial charge in [0.05, 0.1) is 12.5 Å². The Morgan fingerprint density at radius 2 is 1.90 bits per heavy atom. The third-order valence-electron chi connectivity index (χ3n) is 5.01. The van der Waals surface area contributed by atoms with Gasteiger partial charge in [0, 0.05) is 24.8 Å². The lowest BCUT2D eigenvalue weighted by atomic mass is 10.0. The van der Waals surface area contributed by atoms with Gasteiger partial charge < -0.3 is 14.6 Å². The van der Waals surface area contributed by atoms with Gasteiger partial charge in [0.2, 0.25) is 0 Å². The van der Waals surface area contributed by atoms with E-state index >= 15 is 0 Å². The monoisotopic (exact) mass is 410 g/mol. The van der Waals surface area contributed by atoms with E-state index < -0.39 is 0 Å². The number of nitrogens with one attached hydrogen (secondary N) is 1. The summed E-state index contributed by atoms with van der Waals surface area (Å²) in [7, 11) is 0. The van der Waals surface area contributed by atoms with Crippen molar-refractivity contribution in [2.75, 3.05) is 19.3 Å². The number of para-hydroxylation sites is 1. The molecule has 7 nitrogen and oxygen atoms in total. The highest BCUT2D eigenvalue weighted by Gasteiger charge is 2.27. The van der Waals surface area contributed by atoms with Crippen molar-refractivity contribution < 1.29 is 14.0 Å². The average molecular weight is 410 g/mol. The van der Waals surface area contributed by atoms with Crippen LogP contribution < -0.4 is 5.32 Å². The molecule has 2 amide bonds. The first-order chi connectivity index (χ1) is 14.2. The lowest BCUT2D eigenvalue weighted by Crippen LogP contribution is -2.46. The van der Waals surface area contributed by atoms with E-state index in [0.29, 0.717) is 37.4 Å². The maximum atomic E-state index is 13.0. The molecule has 1 saturated heterocycles. The lowest BCUT2D eigenvalue weighted by Gasteiger charge is -2.31. The summed E-state index contributed by atoms with van der Waals surface area (Å²) in [5, 5.41) is 3.87. The lowest BCUT2D eigenvalue weighted by molar-refractivity contribution is 0.0667. The van der Waals surface area contributed by atoms with E-state index in [1.54, 1.807) is 23.2 Å². The van der Waals surface area contributed by atoms with E-state index in [2.05, 4.69) is 10.3 Å². The van der Waals surface area contributed by atoms with Gasteiger partial charge in [0.1, 0.15) is 5.69 Å². The van der Waals surface area contributed by atoms with Gasteiger partial charge in [-0.2, -0.15) is 0 Å². The number of benzene rings is 1. The molecular formula is C21H22N4O3S. The summed E-state index contributed by atoms with van der Waals surface area (Å²) in [6, 6.07) is 13.1. The first kappa shape index (κ1) is 19.3. The number of piperidine rings is 1. The average Bonchev–Trinajstić information content (AvgIpc) is 3.44. The maximum absolute atomic E-state index is 13.0. The number of imidazole rings is 1. The molecule has 0 bridgehead atoms. The Labute approximate surface area is 173 Å². The highest BCUT2D eigenvalue weighted by molar-refractivity contribution is 7.98. The van der Waals surface area contributed by atoms with Gasteiger partial charge in [0.15, 0.2) is 10.9 Å². The van der Waals surface area contributed by atoms with Crippen LogP contribution in [0.4, 0.5) is 0 Å². The Morgan fingerprint density at radius 3 is 2.55 bits per heavy atom. The molecule has 1 fully saturated rings. The SMILES string of the molecule is CSc1ncc(C(=O)NC2CCN(C(=O)c3ccco3)CC2)n1-c1ccccc1. The van der Waals surface area contributed by atoms with Crippen molar-refractivity contribution in [1.82, 2.24) is 19.8 Å². The predicted octanol–water partition coefficient (Wildman–Crippen LogP) is 3.22. The molecule has 0 atom stereocenters. The van der Waals surface area contributed by atoms with Crippen LogP contribution in [0.25, 0.3) is 5.69 Å². The van der Waals surface area contributed by atoms with Crippen LogP contribution in [0.5, 0.6) is 0 Å². The van der Waals surface area contributed by atoms with Gasteiger partial charge in [0.25, 0.3) is 11.8 Å². The minimum Gasteiger partial charge on any atom is -0.459 e. The van der Waals surface area contributed by atoms with Crippen molar-refractivity contribution in [2.45, 2.75) is 24.0 Å². The molecule has 4 rings (SSSR count). The molecule has 0 aliphatic carbocycles. The Hall–Kier alpha value is -3.00. The number of amides is 2. The molecule has 0 spiro atoms. The van der Waals surface area contributed by atoms with Crippen LogP contribution in [-0.2, 0) is 0 Å². The highest BCUT2D eigenvalue weighted by Crippen LogP contribution is 2.22. The van der Waals surface area contributed by atoms with Gasteiger partial charge in [-0.25, -0.2) is 4.98 Å². The summed E-state index contributed by atoms with van der Waals surface area (Å²) in [5.41, 5.74) is 1.41. The summed E-state index contributed by atoms with van der Waals surface area (Å²) in [6.07, 6.45) is 6.46. The zero-order valence-electron chi connectivity index (χ0n) is 16.1. The van der Waals surface area contributed by atoms with E-state index in [0.717, 1.165) is 10.8 Å². The number of hydrogen-bond donors (Lipinski definition) is 1. The standard InChI is InChI=1S/C21H22N4O3S/c1-29-21-22-14-17(25(21)16-6-3-2-4-7-16)19(26)23-15-9-11-24(12-10-15)20(27)18-8-5-13-28-18/h2-8,13-15H,9-12H2,1H3,(H,23,26). The Morgan fingerprint density at radius 1 is 1.14 bits per heavy atom. The largest absolute Gasteiger partial charge is 0.459 e. The third-order valence-corrected chi connectivity index (χ3v) is 5.66. The Bertz CT molecular complexity index is 977. The number of likely N-dealkylation sites (tertiary alicyclic amines) is 1. The van der Waals surface area contributed by atoms with Crippen LogP contribution in [0.15, 0.2) is 64.5 Å². The van der Waals surface area contributed by atoms with Crippen LogP contribution in [0.3, 0.4) is 0 Å². The number of carbonyl (C=O) groups excluding carboxylic acids is 2. The number of aromatic nitrogens is 2. The molecule has 150 valence electrons. The molecule has 1 aromatic carbocycles. The third kappa shape index (κ3) is 4.07. The quantitative estimate of drug-likeness (QED) is 0.653. The van der Waals surface area contributed by atoms with Crippen molar-refractivity contribution in [2.24, 2.45) is 0 Å². The number of furan rings is 1. The number of hydrogen-bond acceptors (Lipinski definition) is 5. The molecule has 3 heterocycles. The second-order valence-electron chi connectivity index (χ2n) is 6.82. The van der Waals surface area contributed by atoms with E-state index in [1.165, 1.54) is 18.0 Å². The summed E-state index contributed by atoms with van der Waals surface area (Å²) in [4.78, 5) is 31.5. The van der Waals surface area contributed by atoms with Crippen LogP contribution in [-0.4, -0.2) is 51.7 Å². The minimum absolute atomic E-state index is 0.0139. The molecule has 8 heteroatoms. The first-order valence-corrected chi connectivity index (χ1v) is 10.7. The summed E-state index contributed by atoms with van der Waals surface area (Å²) in [6.45, 7) is 1.16. The second kappa shape index (κ2) is 8.57. The van der Waals surface area contributed by atoms with Crippen molar-refractivity contribution in [1.29, 1.82) is 0 Å². The molecule has 2 aromatic heterocycles. The smallest absolute Gasteiger partial charge is 0.289 e. The van der Waals surface area contributed by atoms with Gasteiger partial charge in [-0.1, -0.05) is 30.0 Å². The highest BCUT2D eigenvalue weighted by atomic mass is 32.2. The van der Waals surface area contributed by atoms with Gasteiger partial charge in [-0.3, -0.25) is 14.2 Å². The molecular weight excluding hydrogens is 388 g/mol. The summed E-state index contributed by atoms with van der Waals surface area (Å²) >= 11 is 1.50. The summed E-state index contributed by atoms with van der Waals surface area (Å²) in [5.74, 6) is 0.0906. The first-order valence-electron chi connectivity index (χ1n) is 9.48. The van der Waals surface area contributed by atoms with Crippen LogP contribution in [0.1, 0.15) is 33.9 Å². The normalized spacial score (nSPS) is 14.7. The maximum Gasteiger partial charge on any atom is 0.289 e. The fourth-order valence-electron chi connectivity index (χ4n) is 3.51. The van der Waals surface area contributed by atoms with Crippen molar-refractivity contribution in [3.63, 3.8) is 0 Å². The number of thioether (sulfide) groups is 1. The summed E-state index contributed by atoms with van der Waals surface area (Å²) < 4.78 is 7.06. The van der Waals surface area contributed by atoms with Crippen LogP contribution in [0, 0.1) is 0 Å². The van der Waals surface area contributed by atoms with Crippen LogP contribution >= 0.6 is 11.8 Å². The predicted molar refractivity (Wildman–Crippen MR) is 110 cm³/mol. The molecule has 1 aliphatic rings. The van der Waals surface area contributed by atoms with E-state index in [9.17, 15) is 9.59 Å². The molecule has 0 radical (unpaired) electrons. The number of rotatable bonds is 5. The Balaban J connectivity index is 1.42. The van der Waals surface area contributed by atoms with Crippen molar-refractivity contribution >= 4 is 23.6 Å². The van der Waals surface area contributed by atoms with E-state index in [4.69, 9.17) is 4.42 Å². The van der Waals surface area contributed by atoms with E-state index in [1.807, 2.05) is 41.2 Å². The fourth-order valence-corrected chi connectivity index (χ4v) is 4.05. The number of carbonyl (C=O) groups is 2. The van der Waals surface area contributed by atoms with Crippen molar-refractivity contribution in [3.05, 3.63) is 66.4 Å². The minimum atomic E-state index is -0.155. The van der Waals surface area contributed by atoms with Gasteiger partial charge in [-0.15, -0.1) is 0 Å². The fraction of sp³-hybridized carbons (Fsp3) is 0.286. The van der Waals surface area contributed by atoms with Crippen LogP contribution in [0.2, 0.25) is 0 Å². The molecule has 29 heavy (non-hydrogen) atoms. The van der Waals surface area contributed by atoms with E-state index in [-0.39, 0.29) is 17.9 Å². The molecule has 0 saturated carbocycles. The van der Waals surface area contributed by atoms with Crippen molar-refractivity contribution in [3.8, 4) is 5.69 Å². The van der Waals surface area contributed by atoms with Gasteiger partial charge >= 0.3 is 0 Å². The topological polar surface area (TPSA) is 80.4 Å². The molecule has 0 unspecified atom stereocenters. The van der Waals surface area contributed by atoms with Gasteiger partial charge in [-0.05, 0) is 43.4 Å². The second-order valence-corrected chi connectivity index (χ2v) is 7.59. The molecule has 3 aromatic rings. The molecule has 1 N–H and O–H groups in total. The Kier molecular flexibility index (Phi) is 5.71. The number of nitrogens with zero attached hydrogens (tertiary/aromatic N) is 3.